The monoisotopic (exact) mass is 507 g/mol. The largest absolute Gasteiger partial charge is 0.463 e. The number of esters is 1. The van der Waals surface area contributed by atoms with E-state index in [1.807, 2.05) is 30.3 Å². The van der Waals surface area contributed by atoms with Gasteiger partial charge in [-0.05, 0) is 35.9 Å². The molecule has 0 amide bonds. The molecule has 3 aromatic rings. The third kappa shape index (κ3) is 5.14. The summed E-state index contributed by atoms with van der Waals surface area (Å²) in [6.45, 7) is 5.21. The first-order valence-corrected chi connectivity index (χ1v) is 12.4. The molecule has 5 rings (SSSR count). The molecule has 0 bridgehead atoms. The van der Waals surface area contributed by atoms with Gasteiger partial charge in [0, 0.05) is 41.5 Å². The first-order chi connectivity index (χ1) is 17.5. The van der Waals surface area contributed by atoms with E-state index in [2.05, 4.69) is 22.3 Å². The fraction of sp³-hybridized carbons (Fsp3) is 0.286. The van der Waals surface area contributed by atoms with Crippen LogP contribution in [0.3, 0.4) is 0 Å². The van der Waals surface area contributed by atoms with Crippen LogP contribution in [-0.4, -0.2) is 56.2 Å². The molecule has 2 aliphatic rings. The van der Waals surface area contributed by atoms with E-state index in [0.717, 1.165) is 29.4 Å². The number of fused-ring (bicyclic) bond motifs is 1. The number of benzene rings is 3. The van der Waals surface area contributed by atoms with Gasteiger partial charge in [-0.3, -0.25) is 9.89 Å². The second-order valence-corrected chi connectivity index (χ2v) is 9.14. The molecule has 3 aromatic carbocycles. The predicted octanol–water partition coefficient (Wildman–Crippen LogP) is 4.87. The second-order valence-electron chi connectivity index (χ2n) is 8.73. The Morgan fingerprint density at radius 3 is 2.67 bits per heavy atom. The third-order valence-electron chi connectivity index (χ3n) is 6.39. The van der Waals surface area contributed by atoms with Crippen LogP contribution in [0.15, 0.2) is 76.9 Å². The molecule has 1 N–H and O–H groups in total. The van der Waals surface area contributed by atoms with Crippen LogP contribution in [0.1, 0.15) is 24.1 Å². The summed E-state index contributed by atoms with van der Waals surface area (Å²) >= 11 is 6.49. The van der Waals surface area contributed by atoms with E-state index in [0.29, 0.717) is 42.4 Å². The van der Waals surface area contributed by atoms with Gasteiger partial charge in [0.25, 0.3) is 0 Å². The Morgan fingerprint density at radius 2 is 1.92 bits per heavy atom. The zero-order chi connectivity index (χ0) is 25.1. The van der Waals surface area contributed by atoms with Crippen LogP contribution in [-0.2, 0) is 14.3 Å². The average molecular weight is 508 g/mol. The first-order valence-electron chi connectivity index (χ1n) is 12.0. The van der Waals surface area contributed by atoms with Gasteiger partial charge in [-0.25, -0.2) is 9.18 Å². The Bertz CT molecular complexity index is 1350. The molecule has 1 atom stereocenters. The number of hydrogen-bond acceptors (Lipinski definition) is 6. The van der Waals surface area contributed by atoms with E-state index in [1.54, 1.807) is 13.0 Å². The Hall–Kier alpha value is -3.26. The van der Waals surface area contributed by atoms with Crippen molar-refractivity contribution in [1.82, 2.24) is 10.2 Å². The molecule has 0 saturated carbocycles. The van der Waals surface area contributed by atoms with Gasteiger partial charge < -0.3 is 14.8 Å². The number of carbonyl (C=O) groups excluding carboxylic acids is 1. The summed E-state index contributed by atoms with van der Waals surface area (Å²) in [4.78, 5) is 20.4. The predicted molar refractivity (Wildman–Crippen MR) is 139 cm³/mol. The number of carbonyl (C=O) groups is 1. The molecule has 0 spiro atoms. The van der Waals surface area contributed by atoms with E-state index in [9.17, 15) is 9.18 Å². The number of nitrogens with one attached hydrogen (secondary N) is 1. The lowest BCUT2D eigenvalue weighted by atomic mass is 9.94. The topological polar surface area (TPSA) is 63.2 Å². The van der Waals surface area contributed by atoms with Gasteiger partial charge in [-0.1, -0.05) is 54.1 Å². The Balaban J connectivity index is 1.64. The Morgan fingerprint density at radius 1 is 1.14 bits per heavy atom. The zero-order valence-electron chi connectivity index (χ0n) is 20.0. The highest BCUT2D eigenvalue weighted by molar-refractivity contribution is 6.31. The number of morpholine rings is 1. The van der Waals surface area contributed by atoms with Gasteiger partial charge in [0.05, 0.1) is 25.4 Å². The van der Waals surface area contributed by atoms with Crippen LogP contribution in [0.5, 0.6) is 0 Å². The van der Waals surface area contributed by atoms with Gasteiger partial charge >= 0.3 is 5.97 Å². The zero-order valence-corrected chi connectivity index (χ0v) is 20.7. The van der Waals surface area contributed by atoms with Crippen molar-refractivity contribution in [3.05, 3.63) is 93.9 Å². The molecule has 36 heavy (non-hydrogen) atoms. The van der Waals surface area contributed by atoms with Crippen molar-refractivity contribution >= 4 is 34.2 Å². The van der Waals surface area contributed by atoms with Crippen LogP contribution in [0.2, 0.25) is 5.02 Å². The van der Waals surface area contributed by atoms with Crippen molar-refractivity contribution in [1.29, 1.82) is 0 Å². The summed E-state index contributed by atoms with van der Waals surface area (Å²) in [5.41, 5.74) is 2.49. The van der Waals surface area contributed by atoms with Gasteiger partial charge in [0.1, 0.15) is 17.7 Å². The lowest BCUT2D eigenvalue weighted by Crippen LogP contribution is -2.43. The van der Waals surface area contributed by atoms with Gasteiger partial charge in [-0.2, -0.15) is 0 Å². The van der Waals surface area contributed by atoms with Crippen molar-refractivity contribution in [2.45, 2.75) is 13.0 Å². The normalized spacial score (nSPS) is 18.6. The molecule has 0 aliphatic carbocycles. The number of halogens is 2. The number of hydrogen-bond donors (Lipinski definition) is 1. The maximum Gasteiger partial charge on any atom is 0.338 e. The van der Waals surface area contributed by atoms with Crippen LogP contribution in [0.25, 0.3) is 10.8 Å². The number of rotatable bonds is 6. The molecule has 0 aromatic heterocycles. The number of nitrogens with zero attached hydrogens (tertiary/aromatic N) is 2. The molecule has 2 heterocycles. The van der Waals surface area contributed by atoms with E-state index in [-0.39, 0.29) is 11.6 Å². The summed E-state index contributed by atoms with van der Waals surface area (Å²) in [5, 5.41) is 5.83. The number of ether oxygens (including phenoxy) is 2. The first kappa shape index (κ1) is 24.4. The van der Waals surface area contributed by atoms with Crippen molar-refractivity contribution in [2.75, 3.05) is 39.5 Å². The smallest absolute Gasteiger partial charge is 0.338 e. The Kier molecular flexibility index (Phi) is 7.32. The quantitative estimate of drug-likeness (QED) is 0.482. The highest BCUT2D eigenvalue weighted by Gasteiger charge is 2.34. The molecule has 8 heteroatoms. The summed E-state index contributed by atoms with van der Waals surface area (Å²) < 4.78 is 24.9. The standard InChI is InChI=1S/C28H27ClFN3O3/c1-2-36-28(34)25-24(17-33-11-13-35-14-12-33)31-27(20-8-7-18-5-3-4-6-19(18)15-20)32-26(25)22-10-9-21(30)16-23(22)29/h3-10,15-16,26H,2,11-14,17H2,1H3,(H,31,32). The van der Waals surface area contributed by atoms with E-state index < -0.39 is 17.8 Å². The van der Waals surface area contributed by atoms with E-state index >= 15 is 0 Å². The van der Waals surface area contributed by atoms with Crippen molar-refractivity contribution < 1.29 is 18.7 Å². The molecular formula is C28H27ClFN3O3. The summed E-state index contributed by atoms with van der Waals surface area (Å²) in [6.07, 6.45) is 0. The SMILES string of the molecule is CCOC(=O)C1=C(CN2CCOCC2)NC(c2ccc3ccccc3c2)=NC1c1ccc(F)cc1Cl. The maximum absolute atomic E-state index is 13.9. The number of amidine groups is 1. The lowest BCUT2D eigenvalue weighted by molar-refractivity contribution is -0.139. The summed E-state index contributed by atoms with van der Waals surface area (Å²) in [5.74, 6) is -0.311. The van der Waals surface area contributed by atoms with E-state index in [4.69, 9.17) is 26.1 Å². The molecule has 186 valence electrons. The highest BCUT2D eigenvalue weighted by atomic mass is 35.5. The van der Waals surface area contributed by atoms with Crippen LogP contribution < -0.4 is 5.32 Å². The second kappa shape index (κ2) is 10.8. The third-order valence-corrected chi connectivity index (χ3v) is 6.71. The molecule has 1 unspecified atom stereocenters. The molecular weight excluding hydrogens is 481 g/mol. The lowest BCUT2D eigenvalue weighted by Gasteiger charge is -2.33. The molecule has 1 saturated heterocycles. The van der Waals surface area contributed by atoms with Crippen molar-refractivity contribution in [2.24, 2.45) is 4.99 Å². The fourth-order valence-electron chi connectivity index (χ4n) is 4.58. The highest BCUT2D eigenvalue weighted by Crippen LogP contribution is 2.37. The van der Waals surface area contributed by atoms with Crippen LogP contribution in [0.4, 0.5) is 4.39 Å². The fourth-order valence-corrected chi connectivity index (χ4v) is 4.85. The van der Waals surface area contributed by atoms with Gasteiger partial charge in [0.2, 0.25) is 0 Å². The summed E-state index contributed by atoms with van der Waals surface area (Å²) in [7, 11) is 0. The maximum atomic E-state index is 13.9. The van der Waals surface area contributed by atoms with Gasteiger partial charge in [-0.15, -0.1) is 0 Å². The summed E-state index contributed by atoms with van der Waals surface area (Å²) in [6, 6.07) is 17.6. The minimum atomic E-state index is -0.754. The van der Waals surface area contributed by atoms with Crippen LogP contribution in [0, 0.1) is 5.82 Å². The molecule has 2 aliphatic heterocycles. The van der Waals surface area contributed by atoms with Crippen molar-refractivity contribution in [3.8, 4) is 0 Å². The number of aliphatic imine (C=N–C) groups is 1. The molecule has 6 nitrogen and oxygen atoms in total. The average Bonchev–Trinajstić information content (AvgIpc) is 2.89. The minimum Gasteiger partial charge on any atom is -0.463 e. The van der Waals surface area contributed by atoms with Gasteiger partial charge in [0.15, 0.2) is 0 Å². The Labute approximate surface area is 214 Å². The van der Waals surface area contributed by atoms with E-state index in [1.165, 1.54) is 12.1 Å². The molecule has 1 fully saturated rings. The minimum absolute atomic E-state index is 0.205. The van der Waals surface area contributed by atoms with Crippen molar-refractivity contribution in [3.63, 3.8) is 0 Å². The molecule has 0 radical (unpaired) electrons. The van der Waals surface area contributed by atoms with Crippen LogP contribution >= 0.6 is 11.6 Å².